The molecule has 0 bridgehead atoms. The summed E-state index contributed by atoms with van der Waals surface area (Å²) in [6, 6.07) is 0. The van der Waals surface area contributed by atoms with Gasteiger partial charge in [-0.15, -0.1) is 0 Å². The summed E-state index contributed by atoms with van der Waals surface area (Å²) >= 11 is 0. The first-order chi connectivity index (χ1) is 5.34. The van der Waals surface area contributed by atoms with E-state index in [1.807, 2.05) is 0 Å². The van der Waals surface area contributed by atoms with Crippen LogP contribution in [-0.4, -0.2) is 18.6 Å². The predicted octanol–water partition coefficient (Wildman–Crippen LogP) is 0.669. The molecule has 4 nitrogen and oxygen atoms in total. The quantitative estimate of drug-likeness (QED) is 0.493. The van der Waals surface area contributed by atoms with Crippen molar-refractivity contribution < 1.29 is 14.3 Å². The van der Waals surface area contributed by atoms with Crippen LogP contribution in [0.25, 0.3) is 0 Å². The lowest BCUT2D eigenvalue weighted by atomic mass is 9.96. The first-order valence-electron chi connectivity index (χ1n) is 3.75. The lowest BCUT2D eigenvalue weighted by molar-refractivity contribution is -0.143. The summed E-state index contributed by atoms with van der Waals surface area (Å²) in [6.07, 6.45) is 0. The Balaban J connectivity index is 3.66. The zero-order valence-electron chi connectivity index (χ0n) is 7.93. The van der Waals surface area contributed by atoms with Gasteiger partial charge in [-0.3, -0.25) is 9.59 Å². The monoisotopic (exact) mass is 173 g/mol. The fourth-order valence-electron chi connectivity index (χ4n) is 0.468. The number of esters is 1. The molecule has 0 aromatic heterocycles. The molecule has 1 N–H and O–H groups in total. The highest BCUT2D eigenvalue weighted by molar-refractivity contribution is 5.81. The largest absolute Gasteiger partial charge is 0.445 e. The number of carbonyl (C=O) groups excluding carboxylic acids is 2. The van der Waals surface area contributed by atoms with E-state index < -0.39 is 11.4 Å². The van der Waals surface area contributed by atoms with Crippen LogP contribution < -0.4 is 5.32 Å². The van der Waals surface area contributed by atoms with Crippen molar-refractivity contribution in [2.45, 2.75) is 27.7 Å². The maximum Gasteiger partial charge on any atom is 0.304 e. The Bertz CT molecular complexity index is 181. The van der Waals surface area contributed by atoms with E-state index in [2.05, 4.69) is 10.1 Å². The lowest BCUT2D eigenvalue weighted by Gasteiger charge is -2.17. The first-order valence-corrected chi connectivity index (χ1v) is 3.75. The van der Waals surface area contributed by atoms with Crippen molar-refractivity contribution in [3.05, 3.63) is 0 Å². The van der Waals surface area contributed by atoms with Crippen LogP contribution in [0, 0.1) is 5.41 Å². The Hall–Kier alpha value is -1.06. The molecule has 0 saturated heterocycles. The molecule has 12 heavy (non-hydrogen) atoms. The van der Waals surface area contributed by atoms with E-state index in [0.29, 0.717) is 0 Å². The number of ether oxygens (including phenoxy) is 1. The Morgan fingerprint density at radius 2 is 1.83 bits per heavy atom. The van der Waals surface area contributed by atoms with Crippen LogP contribution in [0.5, 0.6) is 0 Å². The van der Waals surface area contributed by atoms with Crippen LogP contribution in [0.3, 0.4) is 0 Å². The molecular formula is C8H15NO3. The maximum absolute atomic E-state index is 11.1. The molecule has 0 heterocycles. The number of carbonyl (C=O) groups is 2. The Kier molecular flexibility index (Phi) is 3.73. The van der Waals surface area contributed by atoms with E-state index in [0.717, 1.165) is 0 Å². The van der Waals surface area contributed by atoms with Gasteiger partial charge in [0.25, 0.3) is 0 Å². The van der Waals surface area contributed by atoms with Crippen LogP contribution in [-0.2, 0) is 14.3 Å². The molecule has 70 valence electrons. The highest BCUT2D eigenvalue weighted by atomic mass is 16.5. The molecule has 0 aliphatic carbocycles. The standard InChI is InChI=1S/C8H15NO3/c1-6(10)12-5-9-7(11)8(2,3)4/h5H2,1-4H3,(H,9,11). The Morgan fingerprint density at radius 1 is 1.33 bits per heavy atom. The van der Waals surface area contributed by atoms with E-state index in [1.54, 1.807) is 20.8 Å². The summed E-state index contributed by atoms with van der Waals surface area (Å²) in [7, 11) is 0. The van der Waals surface area contributed by atoms with Gasteiger partial charge < -0.3 is 10.1 Å². The third-order valence-electron chi connectivity index (χ3n) is 1.19. The van der Waals surface area contributed by atoms with Gasteiger partial charge in [-0.2, -0.15) is 0 Å². The summed E-state index contributed by atoms with van der Waals surface area (Å²) < 4.78 is 4.54. The van der Waals surface area contributed by atoms with Gasteiger partial charge in [0.15, 0.2) is 6.73 Å². The third kappa shape index (κ3) is 4.71. The van der Waals surface area contributed by atoms with E-state index >= 15 is 0 Å². The van der Waals surface area contributed by atoms with Gasteiger partial charge in [0.05, 0.1) is 0 Å². The number of rotatable bonds is 2. The average Bonchev–Trinajstić information content (AvgIpc) is 1.84. The normalized spacial score (nSPS) is 10.7. The van der Waals surface area contributed by atoms with Crippen molar-refractivity contribution in [3.63, 3.8) is 0 Å². The number of amides is 1. The van der Waals surface area contributed by atoms with E-state index in [1.165, 1.54) is 6.92 Å². The molecule has 0 fully saturated rings. The average molecular weight is 173 g/mol. The maximum atomic E-state index is 11.1. The van der Waals surface area contributed by atoms with Crippen LogP contribution in [0.15, 0.2) is 0 Å². The van der Waals surface area contributed by atoms with Gasteiger partial charge in [0.1, 0.15) is 0 Å². The molecule has 0 radical (unpaired) electrons. The molecular weight excluding hydrogens is 158 g/mol. The molecule has 0 spiro atoms. The number of hydrogen-bond donors (Lipinski definition) is 1. The molecule has 0 aromatic rings. The van der Waals surface area contributed by atoms with Gasteiger partial charge in [-0.25, -0.2) is 0 Å². The van der Waals surface area contributed by atoms with Crippen molar-refractivity contribution in [3.8, 4) is 0 Å². The second-order valence-corrected chi connectivity index (χ2v) is 3.54. The highest BCUT2D eigenvalue weighted by Crippen LogP contribution is 2.11. The van der Waals surface area contributed by atoms with Crippen molar-refractivity contribution in [1.29, 1.82) is 0 Å². The summed E-state index contributed by atoms with van der Waals surface area (Å²) in [5, 5.41) is 2.47. The molecule has 0 unspecified atom stereocenters. The highest BCUT2D eigenvalue weighted by Gasteiger charge is 2.20. The van der Waals surface area contributed by atoms with E-state index in [9.17, 15) is 9.59 Å². The zero-order valence-corrected chi connectivity index (χ0v) is 7.93. The second kappa shape index (κ2) is 4.09. The number of nitrogens with one attached hydrogen (secondary N) is 1. The molecule has 0 saturated carbocycles. The topological polar surface area (TPSA) is 55.4 Å². The summed E-state index contributed by atoms with van der Waals surface area (Å²) in [5.74, 6) is -0.534. The van der Waals surface area contributed by atoms with Crippen LogP contribution in [0.2, 0.25) is 0 Å². The van der Waals surface area contributed by atoms with E-state index in [4.69, 9.17) is 0 Å². The minimum Gasteiger partial charge on any atom is -0.445 e. The predicted molar refractivity (Wildman–Crippen MR) is 44.2 cm³/mol. The molecule has 0 rings (SSSR count). The summed E-state index contributed by atoms with van der Waals surface area (Å²) in [6.45, 7) is 6.61. The van der Waals surface area contributed by atoms with Gasteiger partial charge in [-0.1, -0.05) is 20.8 Å². The fraction of sp³-hybridized carbons (Fsp3) is 0.750. The Labute approximate surface area is 72.3 Å². The van der Waals surface area contributed by atoms with Gasteiger partial charge in [0.2, 0.25) is 5.91 Å². The molecule has 4 heteroatoms. The van der Waals surface area contributed by atoms with Crippen LogP contribution in [0.4, 0.5) is 0 Å². The Morgan fingerprint density at radius 3 is 2.17 bits per heavy atom. The second-order valence-electron chi connectivity index (χ2n) is 3.54. The van der Waals surface area contributed by atoms with Crippen LogP contribution in [0.1, 0.15) is 27.7 Å². The summed E-state index contributed by atoms with van der Waals surface area (Å²) in [5.41, 5.74) is -0.444. The van der Waals surface area contributed by atoms with Gasteiger partial charge in [-0.05, 0) is 0 Å². The molecule has 1 amide bonds. The first kappa shape index (κ1) is 10.9. The molecule has 0 aromatic carbocycles. The lowest BCUT2D eigenvalue weighted by Crippen LogP contribution is -2.36. The van der Waals surface area contributed by atoms with Crippen LogP contribution >= 0.6 is 0 Å². The van der Waals surface area contributed by atoms with E-state index in [-0.39, 0.29) is 12.6 Å². The smallest absolute Gasteiger partial charge is 0.304 e. The van der Waals surface area contributed by atoms with Crippen molar-refractivity contribution in [2.75, 3.05) is 6.73 Å². The van der Waals surface area contributed by atoms with Crippen molar-refractivity contribution in [1.82, 2.24) is 5.32 Å². The fourth-order valence-corrected chi connectivity index (χ4v) is 0.468. The minimum atomic E-state index is -0.444. The van der Waals surface area contributed by atoms with Crippen molar-refractivity contribution in [2.24, 2.45) is 5.41 Å². The zero-order chi connectivity index (χ0) is 9.78. The summed E-state index contributed by atoms with van der Waals surface area (Å²) in [4.78, 5) is 21.4. The van der Waals surface area contributed by atoms with Crippen molar-refractivity contribution >= 4 is 11.9 Å². The molecule has 0 aliphatic heterocycles. The number of hydrogen-bond acceptors (Lipinski definition) is 3. The minimum absolute atomic E-state index is 0.0502. The van der Waals surface area contributed by atoms with Gasteiger partial charge in [0, 0.05) is 12.3 Å². The molecule has 0 aliphatic rings. The third-order valence-corrected chi connectivity index (χ3v) is 1.19. The molecule has 0 atom stereocenters. The SMILES string of the molecule is CC(=O)OCNC(=O)C(C)(C)C. The van der Waals surface area contributed by atoms with Gasteiger partial charge >= 0.3 is 5.97 Å².